The third-order valence-electron chi connectivity index (χ3n) is 6.17. The van der Waals surface area contributed by atoms with Crippen molar-refractivity contribution in [3.05, 3.63) is 0 Å². The van der Waals surface area contributed by atoms with Gasteiger partial charge >= 0.3 is 0 Å². The Morgan fingerprint density at radius 3 is 2.15 bits per heavy atom. The lowest BCUT2D eigenvalue weighted by molar-refractivity contribution is -0.954. The van der Waals surface area contributed by atoms with Crippen LogP contribution in [0.15, 0.2) is 0 Å². The summed E-state index contributed by atoms with van der Waals surface area (Å²) in [6.07, 6.45) is 5.78. The van der Waals surface area contributed by atoms with Crippen molar-refractivity contribution in [3.8, 4) is 0 Å². The Balaban J connectivity index is 0.00000121. The highest BCUT2D eigenvalue weighted by Gasteiger charge is 2.59. The van der Waals surface area contributed by atoms with E-state index in [0.717, 1.165) is 12.3 Å². The van der Waals surface area contributed by atoms with Gasteiger partial charge in [0.2, 0.25) is 0 Å². The van der Waals surface area contributed by atoms with Gasteiger partial charge in [0, 0.05) is 32.7 Å². The summed E-state index contributed by atoms with van der Waals surface area (Å²) in [5, 5.41) is 0. The second-order valence-electron chi connectivity index (χ2n) is 7.03. The van der Waals surface area contributed by atoms with Gasteiger partial charge in [-0.1, -0.05) is 13.3 Å². The fraction of sp³-hybridized carbons (Fsp3) is 1.00. The van der Waals surface area contributed by atoms with Crippen LogP contribution in [0.3, 0.4) is 0 Å². The van der Waals surface area contributed by atoms with Gasteiger partial charge in [0.15, 0.2) is 6.17 Å². The molecular weight excluding hydrogens is 363 g/mol. The number of halogens is 1. The van der Waals surface area contributed by atoms with E-state index in [1.54, 1.807) is 0 Å². The van der Waals surface area contributed by atoms with Crippen molar-refractivity contribution in [3.63, 3.8) is 0 Å². The summed E-state index contributed by atoms with van der Waals surface area (Å²) in [5.74, 6) is 0. The van der Waals surface area contributed by atoms with Gasteiger partial charge in [-0.3, -0.25) is 9.80 Å². The average molecular weight is 392 g/mol. The van der Waals surface area contributed by atoms with Crippen LogP contribution in [0.1, 0.15) is 26.2 Å². The van der Waals surface area contributed by atoms with Gasteiger partial charge in [-0.15, -0.1) is 0 Å². The smallest absolute Gasteiger partial charge is 0.175 e. The van der Waals surface area contributed by atoms with E-state index in [2.05, 4.69) is 21.6 Å². The molecule has 0 spiro atoms. The van der Waals surface area contributed by atoms with Crippen molar-refractivity contribution in [2.75, 3.05) is 58.9 Å². The van der Waals surface area contributed by atoms with E-state index in [1.807, 2.05) is 0 Å². The lowest BCUT2D eigenvalue weighted by Crippen LogP contribution is -3.00. The predicted octanol–water partition coefficient (Wildman–Crippen LogP) is -2.39. The van der Waals surface area contributed by atoms with Gasteiger partial charge in [-0.25, -0.2) is 4.90 Å². The number of rotatable bonds is 4. The van der Waals surface area contributed by atoms with Crippen LogP contribution < -0.4 is 24.0 Å². The van der Waals surface area contributed by atoms with Gasteiger partial charge in [-0.2, -0.15) is 0 Å². The first-order valence-corrected chi connectivity index (χ1v) is 8.42. The third-order valence-corrected chi connectivity index (χ3v) is 6.17. The second-order valence-corrected chi connectivity index (χ2v) is 7.03. The van der Waals surface area contributed by atoms with Gasteiger partial charge in [0.25, 0.3) is 0 Å². The predicted molar refractivity (Wildman–Crippen MR) is 76.7 cm³/mol. The van der Waals surface area contributed by atoms with E-state index in [9.17, 15) is 0 Å². The molecule has 4 rings (SSSR count). The first kappa shape index (κ1) is 15.5. The molecule has 0 radical (unpaired) electrons. The lowest BCUT2D eigenvalue weighted by Gasteiger charge is -2.54. The zero-order chi connectivity index (χ0) is 12.9. The molecular formula is C15H29IN4. The summed E-state index contributed by atoms with van der Waals surface area (Å²) in [7, 11) is 0. The molecule has 4 nitrogen and oxygen atoms in total. The summed E-state index contributed by atoms with van der Waals surface area (Å²) in [5.41, 5.74) is 0. The average Bonchev–Trinajstić information content (AvgIpc) is 2.99. The maximum absolute atomic E-state index is 2.82. The Morgan fingerprint density at radius 1 is 0.850 bits per heavy atom. The van der Waals surface area contributed by atoms with Crippen LogP contribution in [0, 0.1) is 0 Å². The molecule has 0 amide bonds. The molecule has 4 aliphatic rings. The molecule has 0 saturated carbocycles. The van der Waals surface area contributed by atoms with Crippen LogP contribution in [0.2, 0.25) is 0 Å². The molecule has 0 aromatic rings. The molecule has 4 heterocycles. The molecule has 5 heteroatoms. The lowest BCUT2D eigenvalue weighted by atomic mass is 10.1. The summed E-state index contributed by atoms with van der Waals surface area (Å²) in [6, 6.07) is 0. The van der Waals surface area contributed by atoms with Crippen molar-refractivity contribution >= 4 is 0 Å². The highest BCUT2D eigenvalue weighted by Crippen LogP contribution is 2.39. The normalized spacial score (nSPS) is 40.6. The molecule has 4 fully saturated rings. The third kappa shape index (κ3) is 2.24. The SMILES string of the molecule is CCCCC[N+]12CCN3CCN4CCN(CC1)C2C43.[I-]. The Bertz CT molecular complexity index is 347. The molecule has 0 N–H and O–H groups in total. The van der Waals surface area contributed by atoms with Crippen molar-refractivity contribution < 1.29 is 28.5 Å². The van der Waals surface area contributed by atoms with Crippen LogP contribution in [-0.4, -0.2) is 90.4 Å². The zero-order valence-electron chi connectivity index (χ0n) is 12.8. The Labute approximate surface area is 140 Å². The monoisotopic (exact) mass is 392 g/mol. The topological polar surface area (TPSA) is 9.72 Å². The number of nitrogens with zero attached hydrogens (tertiary/aromatic N) is 4. The fourth-order valence-electron chi connectivity index (χ4n) is 5.13. The van der Waals surface area contributed by atoms with Crippen LogP contribution in [0.5, 0.6) is 0 Å². The number of unbranched alkanes of at least 4 members (excludes halogenated alkanes) is 2. The summed E-state index contributed by atoms with van der Waals surface area (Å²) < 4.78 is 1.43. The second kappa shape index (κ2) is 5.99. The van der Waals surface area contributed by atoms with Crippen molar-refractivity contribution in [2.24, 2.45) is 0 Å². The van der Waals surface area contributed by atoms with Crippen molar-refractivity contribution in [2.45, 2.75) is 38.5 Å². The van der Waals surface area contributed by atoms with Crippen LogP contribution in [-0.2, 0) is 0 Å². The van der Waals surface area contributed by atoms with Gasteiger partial charge < -0.3 is 28.5 Å². The quantitative estimate of drug-likeness (QED) is 0.301. The molecule has 3 unspecified atom stereocenters. The zero-order valence-corrected chi connectivity index (χ0v) is 15.0. The van der Waals surface area contributed by atoms with Gasteiger partial charge in [0.05, 0.1) is 26.2 Å². The largest absolute Gasteiger partial charge is 1.00 e. The Hall–Kier alpha value is 0.570. The summed E-state index contributed by atoms with van der Waals surface area (Å²) in [6.45, 7) is 14.6. The number of hydrogen-bond donors (Lipinski definition) is 0. The summed E-state index contributed by atoms with van der Waals surface area (Å²) >= 11 is 0. The molecule has 0 bridgehead atoms. The van der Waals surface area contributed by atoms with Crippen LogP contribution in [0.25, 0.3) is 0 Å². The van der Waals surface area contributed by atoms with Gasteiger partial charge in [0.1, 0.15) is 6.17 Å². The van der Waals surface area contributed by atoms with Crippen LogP contribution in [0.4, 0.5) is 0 Å². The van der Waals surface area contributed by atoms with Crippen LogP contribution >= 0.6 is 0 Å². The molecule has 116 valence electrons. The highest BCUT2D eigenvalue weighted by atomic mass is 127. The minimum atomic E-state index is 0. The molecule has 4 aliphatic heterocycles. The molecule has 3 atom stereocenters. The van der Waals surface area contributed by atoms with Gasteiger partial charge in [-0.05, 0) is 12.8 Å². The minimum absolute atomic E-state index is 0. The first-order chi connectivity index (χ1) is 9.34. The first-order valence-electron chi connectivity index (χ1n) is 8.42. The molecule has 0 aliphatic carbocycles. The standard InChI is InChI=1S/C15H29N4.HI/c1-2-3-4-11-19-12-9-17-6-5-16-7-8-18(10-13-19)15(19)14(16)17;/h14-15H,2-13H2,1H3;1H/q+1;/p-1. The Kier molecular flexibility index (Phi) is 4.63. The number of piperazine rings is 2. The maximum atomic E-state index is 2.82. The molecule has 0 aromatic heterocycles. The number of hydrogen-bond acceptors (Lipinski definition) is 3. The van der Waals surface area contributed by atoms with E-state index in [-0.39, 0.29) is 24.0 Å². The number of quaternary nitrogens is 1. The Morgan fingerprint density at radius 2 is 1.45 bits per heavy atom. The molecule has 4 saturated heterocycles. The van der Waals surface area contributed by atoms with E-state index in [1.165, 1.54) is 82.6 Å². The van der Waals surface area contributed by atoms with E-state index in [0.29, 0.717) is 0 Å². The van der Waals surface area contributed by atoms with Crippen molar-refractivity contribution in [1.29, 1.82) is 0 Å². The molecule has 20 heavy (non-hydrogen) atoms. The fourth-order valence-corrected chi connectivity index (χ4v) is 5.13. The minimum Gasteiger partial charge on any atom is -1.00 e. The summed E-state index contributed by atoms with van der Waals surface area (Å²) in [4.78, 5) is 8.38. The highest BCUT2D eigenvalue weighted by molar-refractivity contribution is 4.97. The van der Waals surface area contributed by atoms with E-state index < -0.39 is 0 Å². The maximum Gasteiger partial charge on any atom is 0.175 e. The van der Waals surface area contributed by atoms with E-state index in [4.69, 9.17) is 0 Å². The van der Waals surface area contributed by atoms with Crippen molar-refractivity contribution in [1.82, 2.24) is 14.7 Å². The van der Waals surface area contributed by atoms with E-state index >= 15 is 0 Å². The molecule has 0 aromatic carbocycles.